The highest BCUT2D eigenvalue weighted by Gasteiger charge is 2.23. The summed E-state index contributed by atoms with van der Waals surface area (Å²) in [5.74, 6) is -1.15. The standard InChI is InChI=1S/C13H22O4/c1-5-8-16-12(14)11(10(4)7-3)13(15)17-9-6-2/h5-9H2,1-4H3. The number of esters is 2. The molecule has 0 amide bonds. The Labute approximate surface area is 103 Å². The van der Waals surface area contributed by atoms with Gasteiger partial charge in [0, 0.05) is 0 Å². The molecule has 0 unspecified atom stereocenters. The lowest BCUT2D eigenvalue weighted by molar-refractivity contribution is -0.147. The number of allylic oxidation sites excluding steroid dienone is 1. The third-order valence-electron chi connectivity index (χ3n) is 2.24. The molecule has 0 saturated carbocycles. The first-order valence-electron chi connectivity index (χ1n) is 6.12. The maximum atomic E-state index is 11.7. The van der Waals surface area contributed by atoms with Gasteiger partial charge in [-0.2, -0.15) is 0 Å². The fourth-order valence-electron chi connectivity index (χ4n) is 1.14. The summed E-state index contributed by atoms with van der Waals surface area (Å²) in [6, 6.07) is 0. The molecular formula is C13H22O4. The van der Waals surface area contributed by atoms with Gasteiger partial charge in [0.25, 0.3) is 0 Å². The van der Waals surface area contributed by atoms with Crippen LogP contribution in [0.5, 0.6) is 0 Å². The van der Waals surface area contributed by atoms with E-state index in [1.54, 1.807) is 6.92 Å². The van der Waals surface area contributed by atoms with E-state index >= 15 is 0 Å². The third kappa shape index (κ3) is 5.52. The van der Waals surface area contributed by atoms with E-state index in [0.29, 0.717) is 25.2 Å². The third-order valence-corrected chi connectivity index (χ3v) is 2.24. The second-order valence-corrected chi connectivity index (χ2v) is 3.78. The molecule has 0 aromatic rings. The van der Waals surface area contributed by atoms with Crippen molar-refractivity contribution in [3.8, 4) is 0 Å². The van der Waals surface area contributed by atoms with Crippen LogP contribution in [0.1, 0.15) is 47.0 Å². The van der Waals surface area contributed by atoms with E-state index < -0.39 is 11.9 Å². The Bertz CT molecular complexity index is 270. The summed E-state index contributed by atoms with van der Waals surface area (Å²) in [6.07, 6.45) is 2.08. The maximum absolute atomic E-state index is 11.7. The van der Waals surface area contributed by atoms with Gasteiger partial charge >= 0.3 is 11.9 Å². The minimum absolute atomic E-state index is 0.0504. The fraction of sp³-hybridized carbons (Fsp3) is 0.692. The van der Waals surface area contributed by atoms with Gasteiger partial charge < -0.3 is 9.47 Å². The molecule has 0 fully saturated rings. The smallest absolute Gasteiger partial charge is 0.345 e. The van der Waals surface area contributed by atoms with E-state index in [4.69, 9.17) is 9.47 Å². The summed E-state index contributed by atoms with van der Waals surface area (Å²) in [5, 5.41) is 0. The lowest BCUT2D eigenvalue weighted by Crippen LogP contribution is -2.20. The van der Waals surface area contributed by atoms with E-state index in [1.165, 1.54) is 0 Å². The number of ether oxygens (including phenoxy) is 2. The van der Waals surface area contributed by atoms with Crippen molar-refractivity contribution in [3.05, 3.63) is 11.1 Å². The van der Waals surface area contributed by atoms with Crippen LogP contribution in [0, 0.1) is 0 Å². The topological polar surface area (TPSA) is 52.6 Å². The Kier molecular flexibility index (Phi) is 8.11. The van der Waals surface area contributed by atoms with Crippen molar-refractivity contribution in [1.82, 2.24) is 0 Å². The van der Waals surface area contributed by atoms with E-state index in [9.17, 15) is 9.59 Å². The highest BCUT2D eigenvalue weighted by atomic mass is 16.6. The minimum atomic E-state index is -0.577. The molecule has 98 valence electrons. The van der Waals surface area contributed by atoms with Gasteiger partial charge in [0.05, 0.1) is 13.2 Å². The first-order valence-corrected chi connectivity index (χ1v) is 6.12. The minimum Gasteiger partial charge on any atom is -0.462 e. The van der Waals surface area contributed by atoms with Gasteiger partial charge in [-0.3, -0.25) is 0 Å². The van der Waals surface area contributed by atoms with Crippen molar-refractivity contribution < 1.29 is 19.1 Å². The quantitative estimate of drug-likeness (QED) is 0.298. The molecule has 0 spiro atoms. The number of carbonyl (C=O) groups is 2. The largest absolute Gasteiger partial charge is 0.462 e. The lowest BCUT2D eigenvalue weighted by atomic mass is 10.1. The summed E-state index contributed by atoms with van der Waals surface area (Å²) < 4.78 is 9.96. The Morgan fingerprint density at radius 3 is 1.59 bits per heavy atom. The molecule has 0 aliphatic rings. The Hall–Kier alpha value is -1.32. The summed E-state index contributed by atoms with van der Waals surface area (Å²) in [4.78, 5) is 23.5. The highest BCUT2D eigenvalue weighted by Crippen LogP contribution is 2.12. The molecule has 4 heteroatoms. The average molecular weight is 242 g/mol. The normalized spacial score (nSPS) is 9.65. The lowest BCUT2D eigenvalue weighted by Gasteiger charge is -2.10. The van der Waals surface area contributed by atoms with Gasteiger partial charge in [-0.25, -0.2) is 9.59 Å². The summed E-state index contributed by atoms with van der Waals surface area (Å²) >= 11 is 0. The zero-order chi connectivity index (χ0) is 13.3. The Morgan fingerprint density at radius 2 is 1.29 bits per heavy atom. The van der Waals surface area contributed by atoms with Crippen LogP contribution < -0.4 is 0 Å². The van der Waals surface area contributed by atoms with E-state index in [0.717, 1.165) is 12.8 Å². The van der Waals surface area contributed by atoms with Crippen molar-refractivity contribution in [2.45, 2.75) is 47.0 Å². The molecule has 0 bridgehead atoms. The van der Waals surface area contributed by atoms with E-state index in [-0.39, 0.29) is 5.57 Å². The van der Waals surface area contributed by atoms with Crippen LogP contribution >= 0.6 is 0 Å². The van der Waals surface area contributed by atoms with E-state index in [1.807, 2.05) is 20.8 Å². The maximum Gasteiger partial charge on any atom is 0.345 e. The molecule has 0 rings (SSSR count). The zero-order valence-corrected chi connectivity index (χ0v) is 11.2. The molecule has 0 saturated heterocycles. The van der Waals surface area contributed by atoms with Crippen molar-refractivity contribution in [2.24, 2.45) is 0 Å². The molecule has 17 heavy (non-hydrogen) atoms. The number of rotatable bonds is 7. The van der Waals surface area contributed by atoms with Crippen LogP contribution in [-0.2, 0) is 19.1 Å². The molecule has 0 radical (unpaired) electrons. The van der Waals surface area contributed by atoms with Crippen molar-refractivity contribution >= 4 is 11.9 Å². The first-order chi connectivity index (χ1) is 8.08. The fourth-order valence-corrected chi connectivity index (χ4v) is 1.14. The van der Waals surface area contributed by atoms with Crippen LogP contribution in [0.2, 0.25) is 0 Å². The van der Waals surface area contributed by atoms with Gasteiger partial charge in [-0.15, -0.1) is 0 Å². The zero-order valence-electron chi connectivity index (χ0n) is 11.2. The number of hydrogen-bond donors (Lipinski definition) is 0. The van der Waals surface area contributed by atoms with Crippen LogP contribution in [0.4, 0.5) is 0 Å². The molecule has 0 N–H and O–H groups in total. The van der Waals surface area contributed by atoms with Gasteiger partial charge in [0.15, 0.2) is 0 Å². The van der Waals surface area contributed by atoms with E-state index in [2.05, 4.69) is 0 Å². The number of carbonyl (C=O) groups excluding carboxylic acids is 2. The molecular weight excluding hydrogens is 220 g/mol. The molecule has 0 heterocycles. The summed E-state index contributed by atoms with van der Waals surface area (Å²) in [6.45, 7) is 8.07. The molecule has 0 aromatic heterocycles. The first kappa shape index (κ1) is 15.7. The van der Waals surface area contributed by atoms with Crippen molar-refractivity contribution in [2.75, 3.05) is 13.2 Å². The highest BCUT2D eigenvalue weighted by molar-refractivity contribution is 6.14. The predicted molar refractivity (Wildman–Crippen MR) is 65.5 cm³/mol. The molecule has 0 atom stereocenters. The van der Waals surface area contributed by atoms with Crippen LogP contribution in [0.3, 0.4) is 0 Å². The van der Waals surface area contributed by atoms with Crippen molar-refractivity contribution in [3.63, 3.8) is 0 Å². The van der Waals surface area contributed by atoms with Gasteiger partial charge in [0.2, 0.25) is 0 Å². The van der Waals surface area contributed by atoms with Gasteiger partial charge in [-0.05, 0) is 26.2 Å². The molecule has 0 aliphatic heterocycles. The average Bonchev–Trinajstić information content (AvgIpc) is 2.33. The SMILES string of the molecule is CCCOC(=O)C(C(=O)OCCC)=C(C)CC. The molecule has 4 nitrogen and oxygen atoms in total. The van der Waals surface area contributed by atoms with Gasteiger partial charge in [-0.1, -0.05) is 26.3 Å². The Balaban J connectivity index is 4.77. The number of hydrogen-bond acceptors (Lipinski definition) is 4. The predicted octanol–water partition coefficient (Wildman–Crippen LogP) is 2.62. The van der Waals surface area contributed by atoms with Crippen molar-refractivity contribution in [1.29, 1.82) is 0 Å². The second-order valence-electron chi connectivity index (χ2n) is 3.78. The van der Waals surface area contributed by atoms with Gasteiger partial charge in [0.1, 0.15) is 5.57 Å². The van der Waals surface area contributed by atoms with Crippen LogP contribution in [0.15, 0.2) is 11.1 Å². The summed E-state index contributed by atoms with van der Waals surface area (Å²) in [5.41, 5.74) is 0.751. The molecule has 0 aromatic carbocycles. The van der Waals surface area contributed by atoms with Crippen LogP contribution in [0.25, 0.3) is 0 Å². The molecule has 0 aliphatic carbocycles. The van der Waals surface area contributed by atoms with Crippen LogP contribution in [-0.4, -0.2) is 25.2 Å². The second kappa shape index (κ2) is 8.79. The summed E-state index contributed by atoms with van der Waals surface area (Å²) in [7, 11) is 0. The Morgan fingerprint density at radius 1 is 0.882 bits per heavy atom. The monoisotopic (exact) mass is 242 g/mol.